The number of aliphatic carboxylic acids is 1. The van der Waals surface area contributed by atoms with E-state index in [1.807, 2.05) is 62.4 Å². The molecule has 1 aliphatic rings. The van der Waals surface area contributed by atoms with Crippen molar-refractivity contribution in [2.45, 2.75) is 25.5 Å². The Labute approximate surface area is 150 Å². The molecule has 1 saturated heterocycles. The van der Waals surface area contributed by atoms with Crippen LogP contribution < -0.4 is 4.90 Å². The van der Waals surface area contributed by atoms with Crippen molar-refractivity contribution in [2.75, 3.05) is 4.90 Å². The number of carbonyl (C=O) groups excluding carboxylic acids is 1. The van der Waals surface area contributed by atoms with Gasteiger partial charge >= 0.3 is 5.97 Å². The Kier molecular flexibility index (Phi) is 4.90. The number of anilines is 1. The van der Waals surface area contributed by atoms with Gasteiger partial charge in [-0.15, -0.1) is 0 Å². The predicted octanol–water partition coefficient (Wildman–Crippen LogP) is 3.91. The molecule has 1 N–H and O–H groups in total. The lowest BCUT2D eigenvalue weighted by molar-refractivity contribution is -0.138. The molecule has 0 spiro atoms. The molecule has 0 aromatic heterocycles. The van der Waals surface area contributed by atoms with Gasteiger partial charge in [0.15, 0.2) is 5.17 Å². The first-order valence-corrected chi connectivity index (χ1v) is 8.76. The SMILES string of the molecule is Cc1ccc(N=C2S[C@@H](CC(=O)O)C(=O)N2c2ccc(C)cc2)cc1. The Morgan fingerprint density at radius 2 is 1.64 bits per heavy atom. The second-order valence-electron chi connectivity index (χ2n) is 5.94. The minimum atomic E-state index is -0.994. The number of amides is 1. The molecule has 0 radical (unpaired) electrons. The van der Waals surface area contributed by atoms with E-state index in [0.717, 1.165) is 16.8 Å². The molecule has 3 rings (SSSR count). The summed E-state index contributed by atoms with van der Waals surface area (Å²) in [5.41, 5.74) is 3.64. The Hall–Kier alpha value is -2.60. The van der Waals surface area contributed by atoms with E-state index < -0.39 is 11.2 Å². The van der Waals surface area contributed by atoms with Crippen molar-refractivity contribution in [2.24, 2.45) is 4.99 Å². The van der Waals surface area contributed by atoms with Crippen LogP contribution in [0.15, 0.2) is 53.5 Å². The van der Waals surface area contributed by atoms with E-state index in [1.54, 1.807) is 0 Å². The number of carboxylic acid groups (broad SMARTS) is 1. The number of aryl methyl sites for hydroxylation is 2. The number of hydrogen-bond donors (Lipinski definition) is 1. The summed E-state index contributed by atoms with van der Waals surface area (Å²) < 4.78 is 0. The van der Waals surface area contributed by atoms with Crippen LogP contribution in [-0.4, -0.2) is 27.4 Å². The fraction of sp³-hybridized carbons (Fsp3) is 0.211. The molecule has 1 fully saturated rings. The van der Waals surface area contributed by atoms with Crippen LogP contribution in [0, 0.1) is 13.8 Å². The van der Waals surface area contributed by atoms with Crippen LogP contribution in [0.3, 0.4) is 0 Å². The lowest BCUT2D eigenvalue weighted by Crippen LogP contribution is -2.32. The zero-order valence-corrected chi connectivity index (χ0v) is 14.8. The van der Waals surface area contributed by atoms with Crippen molar-refractivity contribution in [1.82, 2.24) is 0 Å². The quantitative estimate of drug-likeness (QED) is 0.903. The van der Waals surface area contributed by atoms with Gasteiger partial charge in [-0.3, -0.25) is 14.5 Å². The monoisotopic (exact) mass is 354 g/mol. The smallest absolute Gasteiger partial charge is 0.305 e. The second kappa shape index (κ2) is 7.11. The molecule has 1 atom stereocenters. The van der Waals surface area contributed by atoms with Crippen molar-refractivity contribution in [3.05, 3.63) is 59.7 Å². The molecule has 0 saturated carbocycles. The van der Waals surface area contributed by atoms with Gasteiger partial charge in [-0.05, 0) is 38.1 Å². The largest absolute Gasteiger partial charge is 0.481 e. The number of rotatable bonds is 4. The van der Waals surface area contributed by atoms with Gasteiger partial charge < -0.3 is 5.11 Å². The van der Waals surface area contributed by atoms with Gasteiger partial charge in [-0.1, -0.05) is 47.2 Å². The first kappa shape index (κ1) is 17.2. The molecular formula is C19H18N2O3S. The van der Waals surface area contributed by atoms with Gasteiger partial charge in [-0.25, -0.2) is 4.99 Å². The Bertz CT molecular complexity index is 829. The number of carboxylic acids is 1. The summed E-state index contributed by atoms with van der Waals surface area (Å²) in [6.45, 7) is 3.96. The molecule has 2 aromatic rings. The Morgan fingerprint density at radius 3 is 2.20 bits per heavy atom. The highest BCUT2D eigenvalue weighted by atomic mass is 32.2. The number of benzene rings is 2. The molecule has 5 nitrogen and oxygen atoms in total. The van der Waals surface area contributed by atoms with Gasteiger partial charge in [0.25, 0.3) is 0 Å². The average Bonchev–Trinajstić information content (AvgIpc) is 2.86. The van der Waals surface area contributed by atoms with E-state index in [0.29, 0.717) is 10.9 Å². The molecule has 1 aliphatic heterocycles. The van der Waals surface area contributed by atoms with Crippen molar-refractivity contribution in [3.63, 3.8) is 0 Å². The highest BCUT2D eigenvalue weighted by molar-refractivity contribution is 8.16. The zero-order valence-electron chi connectivity index (χ0n) is 14.0. The lowest BCUT2D eigenvalue weighted by Gasteiger charge is -2.16. The lowest BCUT2D eigenvalue weighted by atomic mass is 10.2. The highest BCUT2D eigenvalue weighted by Crippen LogP contribution is 2.35. The van der Waals surface area contributed by atoms with Crippen LogP contribution in [0.25, 0.3) is 0 Å². The van der Waals surface area contributed by atoms with Crippen LogP contribution in [0.2, 0.25) is 0 Å². The molecule has 25 heavy (non-hydrogen) atoms. The van der Waals surface area contributed by atoms with E-state index in [9.17, 15) is 9.59 Å². The number of aliphatic imine (C=N–C) groups is 1. The standard InChI is InChI=1S/C19H18N2O3S/c1-12-3-7-14(8-4-12)20-19-21(15-9-5-13(2)6-10-15)18(24)16(25-19)11-17(22)23/h3-10,16H,11H2,1-2H3,(H,22,23)/t16-/m0/s1. The number of thioether (sulfide) groups is 1. The maximum atomic E-state index is 12.7. The molecule has 0 unspecified atom stereocenters. The first-order chi connectivity index (χ1) is 11.9. The minimum Gasteiger partial charge on any atom is -0.481 e. The molecule has 128 valence electrons. The van der Waals surface area contributed by atoms with E-state index >= 15 is 0 Å². The second-order valence-corrected chi connectivity index (χ2v) is 7.11. The first-order valence-electron chi connectivity index (χ1n) is 7.88. The van der Waals surface area contributed by atoms with Crippen molar-refractivity contribution in [1.29, 1.82) is 0 Å². The molecule has 6 heteroatoms. The third-order valence-corrected chi connectivity index (χ3v) is 4.98. The molecule has 1 heterocycles. The number of nitrogens with zero attached hydrogens (tertiary/aromatic N) is 2. The molecule has 1 amide bonds. The molecular weight excluding hydrogens is 336 g/mol. The normalized spacial score (nSPS) is 18.8. The Balaban J connectivity index is 1.99. The van der Waals surface area contributed by atoms with Crippen LogP contribution in [0.5, 0.6) is 0 Å². The average molecular weight is 354 g/mol. The van der Waals surface area contributed by atoms with Crippen LogP contribution in [0.4, 0.5) is 11.4 Å². The van der Waals surface area contributed by atoms with E-state index in [4.69, 9.17) is 5.11 Å². The maximum absolute atomic E-state index is 12.7. The highest BCUT2D eigenvalue weighted by Gasteiger charge is 2.40. The van der Waals surface area contributed by atoms with E-state index in [1.165, 1.54) is 16.7 Å². The summed E-state index contributed by atoms with van der Waals surface area (Å²) in [7, 11) is 0. The summed E-state index contributed by atoms with van der Waals surface area (Å²) in [5.74, 6) is -1.24. The van der Waals surface area contributed by atoms with Crippen LogP contribution in [0.1, 0.15) is 17.5 Å². The van der Waals surface area contributed by atoms with Gasteiger partial charge in [-0.2, -0.15) is 0 Å². The summed E-state index contributed by atoms with van der Waals surface area (Å²) >= 11 is 1.20. The maximum Gasteiger partial charge on any atom is 0.305 e. The predicted molar refractivity (Wildman–Crippen MR) is 101 cm³/mol. The van der Waals surface area contributed by atoms with Crippen molar-refractivity contribution >= 4 is 40.2 Å². The summed E-state index contributed by atoms with van der Waals surface area (Å²) in [6, 6.07) is 15.2. The zero-order chi connectivity index (χ0) is 18.0. The number of carbonyl (C=O) groups is 2. The third-order valence-electron chi connectivity index (χ3n) is 3.85. The minimum absolute atomic E-state index is 0.223. The summed E-state index contributed by atoms with van der Waals surface area (Å²) in [4.78, 5) is 29.9. The van der Waals surface area contributed by atoms with E-state index in [2.05, 4.69) is 4.99 Å². The fourth-order valence-electron chi connectivity index (χ4n) is 2.49. The fourth-order valence-corrected chi connectivity index (χ4v) is 3.64. The van der Waals surface area contributed by atoms with Crippen LogP contribution in [-0.2, 0) is 9.59 Å². The van der Waals surface area contributed by atoms with Gasteiger partial charge in [0.05, 0.1) is 17.8 Å². The third kappa shape index (κ3) is 3.91. The molecule has 0 aliphatic carbocycles. The van der Waals surface area contributed by atoms with Crippen LogP contribution >= 0.6 is 11.8 Å². The van der Waals surface area contributed by atoms with Gasteiger partial charge in [0.1, 0.15) is 5.25 Å². The van der Waals surface area contributed by atoms with Gasteiger partial charge in [0, 0.05) is 0 Å². The topological polar surface area (TPSA) is 70.0 Å². The van der Waals surface area contributed by atoms with E-state index in [-0.39, 0.29) is 12.3 Å². The summed E-state index contributed by atoms with van der Waals surface area (Å²) in [6.07, 6.45) is -0.223. The molecule has 2 aromatic carbocycles. The number of amidine groups is 1. The summed E-state index contributed by atoms with van der Waals surface area (Å²) in [5, 5.41) is 8.91. The Morgan fingerprint density at radius 1 is 1.08 bits per heavy atom. The van der Waals surface area contributed by atoms with Crippen molar-refractivity contribution in [3.8, 4) is 0 Å². The van der Waals surface area contributed by atoms with Crippen molar-refractivity contribution < 1.29 is 14.7 Å². The number of hydrogen-bond acceptors (Lipinski definition) is 4. The molecule has 0 bridgehead atoms. The van der Waals surface area contributed by atoms with Gasteiger partial charge in [0.2, 0.25) is 5.91 Å².